The number of nitrogens with one attached hydrogen (secondary N) is 2. The number of nitrogens with two attached hydrogens (primary N) is 1. The molecule has 4 N–H and O–H groups in total. The standard InChI is InChI=1S/C14H23N3O3/c1-4-20-13-8-11(15)7-12(9-13)17-10(2)14(18)16-5-6-19-3/h7-10,17H,4-6,15H2,1-3H3,(H,16,18). The van der Waals surface area contributed by atoms with Crippen LogP contribution in [0.25, 0.3) is 0 Å². The van der Waals surface area contributed by atoms with E-state index in [1.807, 2.05) is 13.0 Å². The number of carbonyl (C=O) groups is 1. The summed E-state index contributed by atoms with van der Waals surface area (Å²) >= 11 is 0. The van der Waals surface area contributed by atoms with Crippen molar-refractivity contribution < 1.29 is 14.3 Å². The molecule has 0 radical (unpaired) electrons. The lowest BCUT2D eigenvalue weighted by Gasteiger charge is -2.16. The fourth-order valence-electron chi connectivity index (χ4n) is 1.70. The molecule has 1 atom stereocenters. The third-order valence-corrected chi connectivity index (χ3v) is 2.62. The minimum Gasteiger partial charge on any atom is -0.494 e. The van der Waals surface area contributed by atoms with Crippen LogP contribution < -0.4 is 21.1 Å². The topological polar surface area (TPSA) is 85.6 Å². The highest BCUT2D eigenvalue weighted by molar-refractivity contribution is 5.84. The van der Waals surface area contributed by atoms with Gasteiger partial charge in [-0.25, -0.2) is 0 Å². The molecule has 1 rings (SSSR count). The number of rotatable bonds is 8. The van der Waals surface area contributed by atoms with E-state index in [1.165, 1.54) is 0 Å². The Hall–Kier alpha value is -1.95. The zero-order valence-electron chi connectivity index (χ0n) is 12.2. The molecule has 1 amide bonds. The van der Waals surface area contributed by atoms with E-state index in [2.05, 4.69) is 10.6 Å². The van der Waals surface area contributed by atoms with E-state index >= 15 is 0 Å². The molecule has 1 aromatic carbocycles. The maximum atomic E-state index is 11.8. The zero-order valence-corrected chi connectivity index (χ0v) is 12.2. The van der Waals surface area contributed by atoms with E-state index < -0.39 is 0 Å². The Morgan fingerprint density at radius 3 is 2.80 bits per heavy atom. The highest BCUT2D eigenvalue weighted by Gasteiger charge is 2.12. The summed E-state index contributed by atoms with van der Waals surface area (Å²) < 4.78 is 10.3. The molecular weight excluding hydrogens is 258 g/mol. The molecule has 6 heteroatoms. The average molecular weight is 281 g/mol. The lowest BCUT2D eigenvalue weighted by molar-refractivity contribution is -0.121. The maximum Gasteiger partial charge on any atom is 0.242 e. The molecule has 0 heterocycles. The molecule has 0 spiro atoms. The average Bonchev–Trinajstić information content (AvgIpc) is 2.38. The van der Waals surface area contributed by atoms with E-state index in [1.54, 1.807) is 26.2 Å². The number of benzene rings is 1. The van der Waals surface area contributed by atoms with E-state index in [0.29, 0.717) is 31.2 Å². The van der Waals surface area contributed by atoms with Gasteiger partial charge in [0, 0.05) is 37.2 Å². The summed E-state index contributed by atoms with van der Waals surface area (Å²) in [6.07, 6.45) is 0. The van der Waals surface area contributed by atoms with Crippen molar-refractivity contribution in [2.75, 3.05) is 37.9 Å². The van der Waals surface area contributed by atoms with Crippen LogP contribution in [0.15, 0.2) is 18.2 Å². The Balaban J connectivity index is 2.60. The molecule has 6 nitrogen and oxygen atoms in total. The van der Waals surface area contributed by atoms with Crippen molar-refractivity contribution in [3.8, 4) is 5.75 Å². The molecule has 112 valence electrons. The van der Waals surface area contributed by atoms with Crippen molar-refractivity contribution >= 4 is 17.3 Å². The molecule has 0 aliphatic carbocycles. The van der Waals surface area contributed by atoms with Gasteiger partial charge in [0.15, 0.2) is 0 Å². The van der Waals surface area contributed by atoms with Gasteiger partial charge >= 0.3 is 0 Å². The van der Waals surface area contributed by atoms with E-state index in [0.717, 1.165) is 5.69 Å². The minimum atomic E-state index is -0.372. The SMILES string of the molecule is CCOc1cc(N)cc(NC(C)C(=O)NCCOC)c1. The van der Waals surface area contributed by atoms with Crippen molar-refractivity contribution in [1.82, 2.24) is 5.32 Å². The maximum absolute atomic E-state index is 11.8. The normalized spacial score (nSPS) is 11.8. The van der Waals surface area contributed by atoms with Crippen LogP contribution in [0, 0.1) is 0 Å². The third-order valence-electron chi connectivity index (χ3n) is 2.62. The Labute approximate surface area is 119 Å². The van der Waals surface area contributed by atoms with Gasteiger partial charge in [0.25, 0.3) is 0 Å². The summed E-state index contributed by atoms with van der Waals surface area (Å²) in [4.78, 5) is 11.8. The Bertz CT molecular complexity index is 438. The Morgan fingerprint density at radius 2 is 2.15 bits per heavy atom. The summed E-state index contributed by atoms with van der Waals surface area (Å²) in [6.45, 7) is 5.23. The first-order chi connectivity index (χ1) is 9.56. The quantitative estimate of drug-likeness (QED) is 0.493. The third kappa shape index (κ3) is 5.36. The molecule has 1 aromatic rings. The Kier molecular flexibility index (Phi) is 6.66. The fourth-order valence-corrected chi connectivity index (χ4v) is 1.70. The zero-order chi connectivity index (χ0) is 15.0. The first-order valence-electron chi connectivity index (χ1n) is 6.63. The lowest BCUT2D eigenvalue weighted by atomic mass is 10.2. The molecule has 0 fully saturated rings. The second-order valence-electron chi connectivity index (χ2n) is 4.37. The number of hydrogen-bond acceptors (Lipinski definition) is 5. The van der Waals surface area contributed by atoms with Crippen LogP contribution in [0.4, 0.5) is 11.4 Å². The number of ether oxygens (including phenoxy) is 2. The summed E-state index contributed by atoms with van der Waals surface area (Å²) in [5.41, 5.74) is 7.14. The van der Waals surface area contributed by atoms with E-state index in [-0.39, 0.29) is 11.9 Å². The van der Waals surface area contributed by atoms with E-state index in [4.69, 9.17) is 15.2 Å². The highest BCUT2D eigenvalue weighted by atomic mass is 16.5. The number of amides is 1. The van der Waals surface area contributed by atoms with Crippen LogP contribution in [-0.2, 0) is 9.53 Å². The molecular formula is C14H23N3O3. The second-order valence-corrected chi connectivity index (χ2v) is 4.37. The second kappa shape index (κ2) is 8.27. The van der Waals surface area contributed by atoms with Gasteiger partial charge in [-0.1, -0.05) is 0 Å². The van der Waals surface area contributed by atoms with Gasteiger partial charge < -0.3 is 25.8 Å². The monoisotopic (exact) mass is 281 g/mol. The highest BCUT2D eigenvalue weighted by Crippen LogP contribution is 2.23. The lowest BCUT2D eigenvalue weighted by Crippen LogP contribution is -2.39. The van der Waals surface area contributed by atoms with Crippen LogP contribution in [0.2, 0.25) is 0 Å². The number of carbonyl (C=O) groups excluding carboxylic acids is 1. The van der Waals surface area contributed by atoms with Crippen LogP contribution in [0.3, 0.4) is 0 Å². The molecule has 0 saturated carbocycles. The molecule has 0 saturated heterocycles. The smallest absolute Gasteiger partial charge is 0.242 e. The van der Waals surface area contributed by atoms with Crippen LogP contribution >= 0.6 is 0 Å². The summed E-state index contributed by atoms with van der Waals surface area (Å²) in [5.74, 6) is 0.587. The predicted molar refractivity (Wildman–Crippen MR) is 80.0 cm³/mol. The molecule has 0 aromatic heterocycles. The van der Waals surface area contributed by atoms with Gasteiger partial charge in [-0.2, -0.15) is 0 Å². The number of nitrogen functional groups attached to an aromatic ring is 1. The van der Waals surface area contributed by atoms with Crippen molar-refractivity contribution in [2.24, 2.45) is 0 Å². The van der Waals surface area contributed by atoms with Crippen molar-refractivity contribution in [2.45, 2.75) is 19.9 Å². The van der Waals surface area contributed by atoms with Gasteiger partial charge in [0.2, 0.25) is 5.91 Å². The van der Waals surface area contributed by atoms with Gasteiger partial charge in [-0.05, 0) is 19.9 Å². The predicted octanol–water partition coefficient (Wildman–Crippen LogP) is 1.23. The summed E-state index contributed by atoms with van der Waals surface area (Å²) in [6, 6.07) is 4.96. The van der Waals surface area contributed by atoms with Crippen molar-refractivity contribution in [3.05, 3.63) is 18.2 Å². The molecule has 0 bridgehead atoms. The molecule has 0 aliphatic heterocycles. The van der Waals surface area contributed by atoms with Crippen LogP contribution in [-0.4, -0.2) is 38.8 Å². The fraction of sp³-hybridized carbons (Fsp3) is 0.500. The summed E-state index contributed by atoms with van der Waals surface area (Å²) in [5, 5.41) is 5.86. The first kappa shape index (κ1) is 16.1. The first-order valence-corrected chi connectivity index (χ1v) is 6.63. The molecule has 0 aliphatic rings. The number of methoxy groups -OCH3 is 1. The van der Waals surface area contributed by atoms with Crippen LogP contribution in [0.1, 0.15) is 13.8 Å². The minimum absolute atomic E-state index is 0.0950. The largest absolute Gasteiger partial charge is 0.494 e. The van der Waals surface area contributed by atoms with Gasteiger partial charge in [-0.3, -0.25) is 4.79 Å². The van der Waals surface area contributed by atoms with Crippen LogP contribution in [0.5, 0.6) is 5.75 Å². The van der Waals surface area contributed by atoms with Gasteiger partial charge in [0.1, 0.15) is 11.8 Å². The summed E-state index contributed by atoms with van der Waals surface area (Å²) in [7, 11) is 1.59. The molecule has 1 unspecified atom stereocenters. The Morgan fingerprint density at radius 1 is 1.40 bits per heavy atom. The number of hydrogen-bond donors (Lipinski definition) is 3. The van der Waals surface area contributed by atoms with Gasteiger partial charge in [-0.15, -0.1) is 0 Å². The van der Waals surface area contributed by atoms with Crippen molar-refractivity contribution in [1.29, 1.82) is 0 Å². The van der Waals surface area contributed by atoms with E-state index in [9.17, 15) is 4.79 Å². The van der Waals surface area contributed by atoms with Gasteiger partial charge in [0.05, 0.1) is 13.2 Å². The number of anilines is 2. The van der Waals surface area contributed by atoms with Crippen molar-refractivity contribution in [3.63, 3.8) is 0 Å². The molecule has 20 heavy (non-hydrogen) atoms.